The molecule has 0 aromatic heterocycles. The van der Waals surface area contributed by atoms with E-state index < -0.39 is 0 Å². The van der Waals surface area contributed by atoms with Gasteiger partial charge in [0.05, 0.1) is 5.02 Å². The Hall–Kier alpha value is -0.190. The Kier molecular flexibility index (Phi) is 6.71. The number of carbonyl (C=O) groups is 1. The minimum absolute atomic E-state index is 0.0743. The predicted molar refractivity (Wildman–Crippen MR) is 88.3 cm³/mol. The summed E-state index contributed by atoms with van der Waals surface area (Å²) in [5.41, 5.74) is 0.593. The van der Waals surface area contributed by atoms with Crippen LogP contribution in [0.4, 0.5) is 0 Å². The normalized spacial score (nSPS) is 11.4. The smallest absolute Gasteiger partial charge is 0.251 e. The van der Waals surface area contributed by atoms with Crippen molar-refractivity contribution >= 4 is 45.2 Å². The van der Waals surface area contributed by atoms with Crippen LogP contribution in [0.25, 0.3) is 0 Å². The maximum Gasteiger partial charge on any atom is 0.251 e. The van der Waals surface area contributed by atoms with Crippen molar-refractivity contribution in [2.45, 2.75) is 31.4 Å². The standard InChI is InChI=1S/C14H19BrClNOS/c1-4-14(5-2,19-3)9-17-13(18)10-6-7-11(15)12(16)8-10/h6-8H,4-5,9H2,1-3H3,(H,17,18). The van der Waals surface area contributed by atoms with Gasteiger partial charge in [0, 0.05) is 21.3 Å². The highest BCUT2D eigenvalue weighted by molar-refractivity contribution is 9.10. The fourth-order valence-electron chi connectivity index (χ4n) is 1.84. The number of benzene rings is 1. The lowest BCUT2D eigenvalue weighted by Gasteiger charge is -2.29. The van der Waals surface area contributed by atoms with Crippen LogP contribution in [0.15, 0.2) is 22.7 Å². The van der Waals surface area contributed by atoms with E-state index in [2.05, 4.69) is 41.3 Å². The second-order valence-electron chi connectivity index (χ2n) is 4.41. The van der Waals surface area contributed by atoms with Gasteiger partial charge in [-0.2, -0.15) is 11.8 Å². The highest BCUT2D eigenvalue weighted by Gasteiger charge is 2.25. The molecule has 0 radical (unpaired) electrons. The van der Waals surface area contributed by atoms with Crippen molar-refractivity contribution in [2.24, 2.45) is 0 Å². The van der Waals surface area contributed by atoms with Gasteiger partial charge in [-0.05, 0) is 53.2 Å². The third-order valence-electron chi connectivity index (χ3n) is 3.47. The molecule has 0 aliphatic carbocycles. The first kappa shape index (κ1) is 16.9. The summed E-state index contributed by atoms with van der Waals surface area (Å²) in [7, 11) is 0. The number of carbonyl (C=O) groups excluding carboxylic acids is 1. The van der Waals surface area contributed by atoms with Crippen molar-refractivity contribution in [3.63, 3.8) is 0 Å². The maximum absolute atomic E-state index is 12.1. The largest absolute Gasteiger partial charge is 0.351 e. The van der Waals surface area contributed by atoms with Crippen LogP contribution in [0.3, 0.4) is 0 Å². The molecule has 0 spiro atoms. The van der Waals surface area contributed by atoms with Crippen LogP contribution in [0.5, 0.6) is 0 Å². The van der Waals surface area contributed by atoms with E-state index in [9.17, 15) is 4.79 Å². The fraction of sp³-hybridized carbons (Fsp3) is 0.500. The van der Waals surface area contributed by atoms with Gasteiger partial charge >= 0.3 is 0 Å². The molecule has 2 nitrogen and oxygen atoms in total. The molecule has 0 saturated heterocycles. The molecule has 0 aliphatic rings. The second kappa shape index (κ2) is 7.55. The molecular formula is C14H19BrClNOS. The highest BCUT2D eigenvalue weighted by Crippen LogP contribution is 2.29. The predicted octanol–water partition coefficient (Wildman–Crippen LogP) is 4.75. The van der Waals surface area contributed by atoms with Gasteiger partial charge in [0.25, 0.3) is 5.91 Å². The van der Waals surface area contributed by atoms with E-state index in [4.69, 9.17) is 11.6 Å². The van der Waals surface area contributed by atoms with Crippen LogP contribution in [-0.2, 0) is 0 Å². The van der Waals surface area contributed by atoms with Gasteiger partial charge in [0.1, 0.15) is 0 Å². The summed E-state index contributed by atoms with van der Waals surface area (Å²) in [4.78, 5) is 12.1. The van der Waals surface area contributed by atoms with Gasteiger partial charge in [0.15, 0.2) is 0 Å². The van der Waals surface area contributed by atoms with Gasteiger partial charge in [-0.25, -0.2) is 0 Å². The number of amides is 1. The van der Waals surface area contributed by atoms with Gasteiger partial charge in [0.2, 0.25) is 0 Å². The lowest BCUT2D eigenvalue weighted by atomic mass is 10.0. The molecule has 0 saturated carbocycles. The monoisotopic (exact) mass is 363 g/mol. The first-order valence-electron chi connectivity index (χ1n) is 6.26. The van der Waals surface area contributed by atoms with Crippen LogP contribution >= 0.6 is 39.3 Å². The van der Waals surface area contributed by atoms with E-state index in [0.717, 1.165) is 17.3 Å². The highest BCUT2D eigenvalue weighted by atomic mass is 79.9. The molecular weight excluding hydrogens is 346 g/mol. The molecule has 1 aromatic carbocycles. The molecule has 1 N–H and O–H groups in total. The summed E-state index contributed by atoms with van der Waals surface area (Å²) in [5.74, 6) is -0.0743. The third kappa shape index (κ3) is 4.40. The van der Waals surface area contributed by atoms with Crippen molar-refractivity contribution in [3.05, 3.63) is 33.3 Å². The van der Waals surface area contributed by atoms with Crippen molar-refractivity contribution in [3.8, 4) is 0 Å². The van der Waals surface area contributed by atoms with Crippen molar-refractivity contribution in [1.29, 1.82) is 0 Å². The molecule has 5 heteroatoms. The zero-order valence-corrected chi connectivity index (χ0v) is 14.6. The topological polar surface area (TPSA) is 29.1 Å². The van der Waals surface area contributed by atoms with Gasteiger partial charge < -0.3 is 5.32 Å². The Morgan fingerprint density at radius 2 is 2.05 bits per heavy atom. The summed E-state index contributed by atoms with van der Waals surface area (Å²) in [5, 5.41) is 3.56. The van der Waals surface area contributed by atoms with Crippen molar-refractivity contribution < 1.29 is 4.79 Å². The number of rotatable bonds is 6. The van der Waals surface area contributed by atoms with E-state index in [1.807, 2.05) is 11.8 Å². The van der Waals surface area contributed by atoms with Crippen LogP contribution in [0.2, 0.25) is 5.02 Å². The van der Waals surface area contributed by atoms with E-state index in [1.54, 1.807) is 18.2 Å². The quantitative estimate of drug-likeness (QED) is 0.789. The Balaban J connectivity index is 2.72. The molecule has 19 heavy (non-hydrogen) atoms. The fourth-order valence-corrected chi connectivity index (χ4v) is 3.06. The Bertz CT molecular complexity index is 441. The Labute approximate surface area is 132 Å². The van der Waals surface area contributed by atoms with Crippen LogP contribution in [0, 0.1) is 0 Å². The minimum atomic E-state index is -0.0743. The molecule has 0 heterocycles. The number of thioether (sulfide) groups is 1. The van der Waals surface area contributed by atoms with Crippen LogP contribution < -0.4 is 5.32 Å². The lowest BCUT2D eigenvalue weighted by Crippen LogP contribution is -2.39. The average Bonchev–Trinajstić information content (AvgIpc) is 2.43. The molecule has 1 aromatic rings. The molecule has 0 fully saturated rings. The molecule has 0 bridgehead atoms. The van der Waals surface area contributed by atoms with Gasteiger partial charge in [-0.15, -0.1) is 0 Å². The number of hydrogen-bond donors (Lipinski definition) is 1. The second-order valence-corrected chi connectivity index (χ2v) is 6.94. The molecule has 1 rings (SSSR count). The molecule has 0 aliphatic heterocycles. The Morgan fingerprint density at radius 1 is 1.42 bits per heavy atom. The summed E-state index contributed by atoms with van der Waals surface area (Å²) >= 11 is 11.1. The minimum Gasteiger partial charge on any atom is -0.351 e. The Morgan fingerprint density at radius 3 is 2.53 bits per heavy atom. The van der Waals surface area contributed by atoms with Crippen molar-refractivity contribution in [1.82, 2.24) is 5.32 Å². The van der Waals surface area contributed by atoms with E-state index >= 15 is 0 Å². The first-order valence-corrected chi connectivity index (χ1v) is 8.66. The number of halogens is 2. The lowest BCUT2D eigenvalue weighted by molar-refractivity contribution is 0.0949. The van der Waals surface area contributed by atoms with Crippen LogP contribution in [0.1, 0.15) is 37.0 Å². The van der Waals surface area contributed by atoms with E-state index in [1.165, 1.54) is 0 Å². The summed E-state index contributed by atoms with van der Waals surface area (Å²) in [6, 6.07) is 5.24. The van der Waals surface area contributed by atoms with Crippen molar-refractivity contribution in [2.75, 3.05) is 12.8 Å². The summed E-state index contributed by atoms with van der Waals surface area (Å²) in [6.07, 6.45) is 4.16. The van der Waals surface area contributed by atoms with E-state index in [-0.39, 0.29) is 10.7 Å². The number of nitrogens with one attached hydrogen (secondary N) is 1. The van der Waals surface area contributed by atoms with E-state index in [0.29, 0.717) is 17.1 Å². The first-order chi connectivity index (χ1) is 8.98. The molecule has 0 unspecified atom stereocenters. The maximum atomic E-state index is 12.1. The zero-order chi connectivity index (χ0) is 14.5. The molecule has 106 valence electrons. The third-order valence-corrected chi connectivity index (χ3v) is 6.29. The summed E-state index contributed by atoms with van der Waals surface area (Å²) < 4.78 is 0.917. The number of hydrogen-bond acceptors (Lipinski definition) is 2. The average molecular weight is 365 g/mol. The van der Waals surface area contributed by atoms with Crippen LogP contribution in [-0.4, -0.2) is 23.5 Å². The molecule has 1 amide bonds. The zero-order valence-electron chi connectivity index (χ0n) is 11.4. The SMILES string of the molecule is CCC(CC)(CNC(=O)c1ccc(Br)c(Cl)c1)SC. The summed E-state index contributed by atoms with van der Waals surface area (Å²) in [6.45, 7) is 4.99. The van der Waals surface area contributed by atoms with Gasteiger partial charge in [-0.1, -0.05) is 25.4 Å². The van der Waals surface area contributed by atoms with Gasteiger partial charge in [-0.3, -0.25) is 4.79 Å². The molecule has 0 atom stereocenters.